The number of nitrogens with two attached hydrogens (primary N) is 1. The highest BCUT2D eigenvalue weighted by atomic mass is 32.2. The van der Waals surface area contributed by atoms with Gasteiger partial charge < -0.3 is 5.73 Å². The third-order valence-electron chi connectivity index (χ3n) is 3.20. The lowest BCUT2D eigenvalue weighted by atomic mass is 10.1. The lowest BCUT2D eigenvalue weighted by Gasteiger charge is -2.34. The van der Waals surface area contributed by atoms with Crippen LogP contribution in [-0.2, 0) is 16.6 Å². The summed E-state index contributed by atoms with van der Waals surface area (Å²) in [5.74, 6) is -0.566. The SMILES string of the molecule is C=CCN(C(C)(C)C)S(=O)(=O)c1cc(CN)cc(F)c1C. The van der Waals surface area contributed by atoms with E-state index in [-0.39, 0.29) is 23.5 Å². The minimum Gasteiger partial charge on any atom is -0.326 e. The van der Waals surface area contributed by atoms with Crippen molar-refractivity contribution in [3.63, 3.8) is 0 Å². The van der Waals surface area contributed by atoms with Gasteiger partial charge in [0.1, 0.15) is 5.82 Å². The van der Waals surface area contributed by atoms with Gasteiger partial charge >= 0.3 is 0 Å². The maximum atomic E-state index is 13.9. The van der Waals surface area contributed by atoms with Crippen LogP contribution in [0.25, 0.3) is 0 Å². The summed E-state index contributed by atoms with van der Waals surface area (Å²) < 4.78 is 41.0. The Morgan fingerprint density at radius 2 is 1.95 bits per heavy atom. The third-order valence-corrected chi connectivity index (χ3v) is 5.46. The molecule has 1 aromatic rings. The summed E-state index contributed by atoms with van der Waals surface area (Å²) in [7, 11) is -3.84. The first-order valence-corrected chi connectivity index (χ1v) is 8.12. The number of benzene rings is 1. The molecule has 0 fully saturated rings. The summed E-state index contributed by atoms with van der Waals surface area (Å²) in [5, 5.41) is 0. The van der Waals surface area contributed by atoms with Crippen molar-refractivity contribution < 1.29 is 12.8 Å². The largest absolute Gasteiger partial charge is 0.326 e. The van der Waals surface area contributed by atoms with Gasteiger partial charge in [-0.2, -0.15) is 4.31 Å². The van der Waals surface area contributed by atoms with Crippen LogP contribution >= 0.6 is 0 Å². The van der Waals surface area contributed by atoms with Crippen molar-refractivity contribution in [3.05, 3.63) is 41.7 Å². The molecule has 0 aromatic heterocycles. The molecule has 0 amide bonds. The van der Waals surface area contributed by atoms with Crippen molar-refractivity contribution in [1.82, 2.24) is 4.31 Å². The van der Waals surface area contributed by atoms with Crippen LogP contribution in [0.1, 0.15) is 31.9 Å². The van der Waals surface area contributed by atoms with E-state index in [2.05, 4.69) is 6.58 Å². The molecule has 0 bridgehead atoms. The molecule has 0 aliphatic heterocycles. The number of hydrogen-bond acceptors (Lipinski definition) is 3. The highest BCUT2D eigenvalue weighted by Crippen LogP contribution is 2.28. The van der Waals surface area contributed by atoms with Crippen LogP contribution in [0.4, 0.5) is 4.39 Å². The molecular formula is C15H23FN2O2S. The summed E-state index contributed by atoms with van der Waals surface area (Å²) in [4.78, 5) is -0.0419. The molecule has 0 aliphatic carbocycles. The molecule has 0 atom stereocenters. The highest BCUT2D eigenvalue weighted by molar-refractivity contribution is 7.89. The Bertz CT molecular complexity index is 634. The van der Waals surface area contributed by atoms with Gasteiger partial charge in [0.25, 0.3) is 0 Å². The van der Waals surface area contributed by atoms with E-state index >= 15 is 0 Å². The fourth-order valence-electron chi connectivity index (χ4n) is 2.06. The van der Waals surface area contributed by atoms with Crippen molar-refractivity contribution in [1.29, 1.82) is 0 Å². The van der Waals surface area contributed by atoms with E-state index in [0.29, 0.717) is 5.56 Å². The first-order valence-electron chi connectivity index (χ1n) is 6.68. The summed E-state index contributed by atoms with van der Waals surface area (Å²) >= 11 is 0. The zero-order chi connectivity index (χ0) is 16.4. The maximum Gasteiger partial charge on any atom is 0.244 e. The molecule has 118 valence electrons. The number of rotatable bonds is 5. The smallest absolute Gasteiger partial charge is 0.244 e. The number of nitrogens with zero attached hydrogens (tertiary/aromatic N) is 1. The van der Waals surface area contributed by atoms with E-state index in [1.165, 1.54) is 29.4 Å². The fourth-order valence-corrected chi connectivity index (χ4v) is 4.11. The number of sulfonamides is 1. The van der Waals surface area contributed by atoms with Gasteiger partial charge in [0, 0.05) is 24.2 Å². The van der Waals surface area contributed by atoms with Gasteiger partial charge in [0.2, 0.25) is 10.0 Å². The molecule has 0 heterocycles. The molecule has 4 nitrogen and oxygen atoms in total. The van der Waals surface area contributed by atoms with Gasteiger partial charge in [0.05, 0.1) is 4.90 Å². The Kier molecular flexibility index (Phi) is 5.30. The van der Waals surface area contributed by atoms with Crippen molar-refractivity contribution in [2.45, 2.75) is 44.7 Å². The lowest BCUT2D eigenvalue weighted by molar-refractivity contribution is 0.269. The molecule has 0 saturated carbocycles. The first kappa shape index (κ1) is 17.8. The monoisotopic (exact) mass is 314 g/mol. The van der Waals surface area contributed by atoms with Crippen molar-refractivity contribution >= 4 is 10.0 Å². The van der Waals surface area contributed by atoms with E-state index in [4.69, 9.17) is 5.73 Å². The van der Waals surface area contributed by atoms with Crippen molar-refractivity contribution in [3.8, 4) is 0 Å². The molecule has 0 saturated heterocycles. The quantitative estimate of drug-likeness (QED) is 0.850. The zero-order valence-corrected chi connectivity index (χ0v) is 13.8. The van der Waals surface area contributed by atoms with Crippen LogP contribution in [0, 0.1) is 12.7 Å². The van der Waals surface area contributed by atoms with E-state index < -0.39 is 21.4 Å². The van der Waals surface area contributed by atoms with Crippen LogP contribution < -0.4 is 5.73 Å². The van der Waals surface area contributed by atoms with Crippen LogP contribution in [0.5, 0.6) is 0 Å². The standard InChI is InChI=1S/C15H23FN2O2S/c1-6-7-18(15(3,4)5)21(19,20)14-9-12(10-17)8-13(16)11(14)2/h6,8-9H,1,7,10,17H2,2-5H3. The molecule has 2 N–H and O–H groups in total. The Morgan fingerprint density at radius 1 is 1.38 bits per heavy atom. The van der Waals surface area contributed by atoms with Crippen molar-refractivity contribution in [2.75, 3.05) is 6.54 Å². The van der Waals surface area contributed by atoms with Crippen LogP contribution in [0.15, 0.2) is 29.7 Å². The predicted molar refractivity (Wildman–Crippen MR) is 82.9 cm³/mol. The van der Waals surface area contributed by atoms with E-state index in [1.807, 2.05) is 0 Å². The maximum absolute atomic E-state index is 13.9. The molecule has 0 unspecified atom stereocenters. The lowest BCUT2D eigenvalue weighted by Crippen LogP contribution is -2.45. The second-order valence-electron chi connectivity index (χ2n) is 5.90. The van der Waals surface area contributed by atoms with Gasteiger partial charge in [-0.1, -0.05) is 6.08 Å². The van der Waals surface area contributed by atoms with Gasteiger partial charge in [-0.25, -0.2) is 12.8 Å². The Hall–Kier alpha value is -1.24. The number of hydrogen-bond donors (Lipinski definition) is 1. The summed E-state index contributed by atoms with van der Waals surface area (Å²) in [5.41, 5.74) is 5.42. The van der Waals surface area contributed by atoms with Gasteiger partial charge in [0.15, 0.2) is 0 Å². The predicted octanol–water partition coefficient (Wildman–Crippen LogP) is 2.57. The molecule has 0 spiro atoms. The fraction of sp³-hybridized carbons (Fsp3) is 0.467. The Labute approximate surface area is 126 Å². The number of halogens is 1. The summed E-state index contributed by atoms with van der Waals surface area (Å²) in [6.07, 6.45) is 1.52. The minimum absolute atomic E-state index is 0.0419. The highest BCUT2D eigenvalue weighted by Gasteiger charge is 2.34. The van der Waals surface area contributed by atoms with E-state index in [0.717, 1.165) is 0 Å². The van der Waals surface area contributed by atoms with Gasteiger partial charge in [-0.15, -0.1) is 6.58 Å². The van der Waals surface area contributed by atoms with Crippen molar-refractivity contribution in [2.24, 2.45) is 5.73 Å². The zero-order valence-electron chi connectivity index (χ0n) is 13.0. The van der Waals surface area contributed by atoms with Crippen LogP contribution in [0.3, 0.4) is 0 Å². The third kappa shape index (κ3) is 3.70. The van der Waals surface area contributed by atoms with E-state index in [9.17, 15) is 12.8 Å². The molecule has 21 heavy (non-hydrogen) atoms. The topological polar surface area (TPSA) is 63.4 Å². The summed E-state index contributed by atoms with van der Waals surface area (Å²) in [6.45, 7) is 10.6. The Balaban J connectivity index is 3.55. The average Bonchev–Trinajstić information content (AvgIpc) is 2.37. The van der Waals surface area contributed by atoms with Crippen LogP contribution in [-0.4, -0.2) is 24.8 Å². The molecule has 0 aliphatic rings. The van der Waals surface area contributed by atoms with Crippen LogP contribution in [0.2, 0.25) is 0 Å². The molecule has 6 heteroatoms. The average molecular weight is 314 g/mol. The molecular weight excluding hydrogens is 291 g/mol. The van der Waals surface area contributed by atoms with Gasteiger partial charge in [-0.05, 0) is 45.4 Å². The van der Waals surface area contributed by atoms with E-state index in [1.54, 1.807) is 20.8 Å². The second kappa shape index (κ2) is 6.25. The molecule has 1 rings (SSSR count). The molecule has 1 aromatic carbocycles. The normalized spacial score (nSPS) is 12.7. The summed E-state index contributed by atoms with van der Waals surface area (Å²) in [6, 6.07) is 2.71. The Morgan fingerprint density at radius 3 is 2.38 bits per heavy atom. The second-order valence-corrected chi connectivity index (χ2v) is 7.73. The first-order chi connectivity index (χ1) is 9.55. The molecule has 0 radical (unpaired) electrons. The minimum atomic E-state index is -3.84. The van der Waals surface area contributed by atoms with Gasteiger partial charge in [-0.3, -0.25) is 0 Å².